The predicted octanol–water partition coefficient (Wildman–Crippen LogP) is 11.6. The van der Waals surface area contributed by atoms with Crippen molar-refractivity contribution >= 4 is 13.7 Å². The van der Waals surface area contributed by atoms with Gasteiger partial charge in [0.15, 0.2) is 0 Å². The average Bonchev–Trinajstić information content (AvgIpc) is 3.07. The number of allylic oxidation sites excluding steroid dienone is 1. The van der Waals surface area contributed by atoms with E-state index in [2.05, 4.69) is 19.2 Å². The zero-order chi connectivity index (χ0) is 37.9. The largest absolute Gasteiger partial charge is 0.472 e. The Morgan fingerprint density at radius 3 is 1.45 bits per heavy atom. The van der Waals surface area contributed by atoms with Gasteiger partial charge in [0.25, 0.3) is 0 Å². The average molecular weight is 746 g/mol. The maximum absolute atomic E-state index is 12.8. The van der Waals surface area contributed by atoms with Crippen LogP contribution in [0.15, 0.2) is 12.2 Å². The molecule has 3 atom stereocenters. The number of hydrogen-bond acceptors (Lipinski definition) is 5. The van der Waals surface area contributed by atoms with Crippen molar-refractivity contribution in [3.8, 4) is 0 Å². The fourth-order valence-corrected chi connectivity index (χ4v) is 7.01. The van der Waals surface area contributed by atoms with E-state index in [4.69, 9.17) is 9.05 Å². The molecule has 9 heteroatoms. The number of phosphoric acid groups is 1. The fraction of sp³-hybridized carbons (Fsp3) is 0.929. The van der Waals surface area contributed by atoms with Crippen molar-refractivity contribution in [1.29, 1.82) is 0 Å². The van der Waals surface area contributed by atoms with Gasteiger partial charge in [0.05, 0.1) is 39.9 Å². The molecule has 1 unspecified atom stereocenters. The Labute approximate surface area is 316 Å². The summed E-state index contributed by atoms with van der Waals surface area (Å²) in [5, 5.41) is 13.8. The lowest BCUT2D eigenvalue weighted by atomic mass is 10.0. The molecular formula is C42H86N2O6P+. The Bertz CT molecular complexity index is 850. The Balaban J connectivity index is 4.43. The van der Waals surface area contributed by atoms with E-state index in [0.29, 0.717) is 17.4 Å². The van der Waals surface area contributed by atoms with Crippen molar-refractivity contribution in [3.05, 3.63) is 12.2 Å². The first-order chi connectivity index (χ1) is 24.5. The van der Waals surface area contributed by atoms with E-state index >= 15 is 0 Å². The molecule has 0 fully saturated rings. The maximum Gasteiger partial charge on any atom is 0.472 e. The van der Waals surface area contributed by atoms with Crippen LogP contribution in [-0.2, 0) is 18.4 Å². The maximum atomic E-state index is 12.8. The number of unbranched alkanes of at least 4 members (excludes halogenated alkanes) is 26. The van der Waals surface area contributed by atoms with E-state index in [1.165, 1.54) is 141 Å². The second kappa shape index (κ2) is 35.0. The molecular weight excluding hydrogens is 659 g/mol. The number of carbonyl (C=O) groups is 1. The monoisotopic (exact) mass is 746 g/mol. The summed E-state index contributed by atoms with van der Waals surface area (Å²) >= 11 is 0. The number of quaternary nitrogens is 1. The van der Waals surface area contributed by atoms with Crippen LogP contribution in [0, 0.1) is 0 Å². The minimum absolute atomic E-state index is 0.0645. The molecule has 0 rings (SSSR count). The van der Waals surface area contributed by atoms with Crippen molar-refractivity contribution in [2.75, 3.05) is 40.9 Å². The number of aliphatic hydroxyl groups is 1. The highest BCUT2D eigenvalue weighted by Gasteiger charge is 2.27. The number of rotatable bonds is 39. The van der Waals surface area contributed by atoms with Crippen LogP contribution in [0.5, 0.6) is 0 Å². The summed E-state index contributed by atoms with van der Waals surface area (Å²) in [6, 6.07) is -0.838. The topological polar surface area (TPSA) is 105 Å². The van der Waals surface area contributed by atoms with Gasteiger partial charge in [0.1, 0.15) is 13.2 Å². The molecule has 0 aliphatic carbocycles. The van der Waals surface area contributed by atoms with E-state index in [9.17, 15) is 19.4 Å². The molecule has 0 aromatic rings. The highest BCUT2D eigenvalue weighted by Crippen LogP contribution is 2.43. The second-order valence-electron chi connectivity index (χ2n) is 16.1. The van der Waals surface area contributed by atoms with Crippen LogP contribution in [-0.4, -0.2) is 73.4 Å². The van der Waals surface area contributed by atoms with Crippen molar-refractivity contribution in [3.63, 3.8) is 0 Å². The third-order valence-corrected chi connectivity index (χ3v) is 10.7. The SMILES string of the molecule is CCCCCCCCCCCCCC/C=C/[C@@H](O)[C@H](COP(=O)(O)OCC[N+](C)(C)C)NC(=O)CCCCCCCCCCCCCCCCC. The Morgan fingerprint density at radius 1 is 0.647 bits per heavy atom. The first-order valence-electron chi connectivity index (χ1n) is 21.6. The summed E-state index contributed by atoms with van der Waals surface area (Å²) in [5.41, 5.74) is 0. The number of hydrogen-bond donors (Lipinski definition) is 3. The number of carbonyl (C=O) groups excluding carboxylic acids is 1. The molecule has 1 amide bonds. The highest BCUT2D eigenvalue weighted by molar-refractivity contribution is 7.47. The van der Waals surface area contributed by atoms with Gasteiger partial charge in [-0.15, -0.1) is 0 Å². The van der Waals surface area contributed by atoms with Gasteiger partial charge in [0, 0.05) is 6.42 Å². The van der Waals surface area contributed by atoms with E-state index in [0.717, 1.165) is 38.5 Å². The number of aliphatic hydroxyl groups excluding tert-OH is 1. The normalized spacial score (nSPS) is 14.6. The van der Waals surface area contributed by atoms with E-state index in [-0.39, 0.29) is 19.1 Å². The van der Waals surface area contributed by atoms with Crippen LogP contribution in [0.4, 0.5) is 0 Å². The summed E-state index contributed by atoms with van der Waals surface area (Å²) in [5.74, 6) is -0.176. The molecule has 0 aliphatic heterocycles. The smallest absolute Gasteiger partial charge is 0.387 e. The lowest BCUT2D eigenvalue weighted by Crippen LogP contribution is -2.45. The molecule has 8 nitrogen and oxygen atoms in total. The van der Waals surface area contributed by atoms with E-state index < -0.39 is 20.0 Å². The zero-order valence-corrected chi connectivity index (χ0v) is 35.3. The van der Waals surface area contributed by atoms with Crippen LogP contribution in [0.3, 0.4) is 0 Å². The van der Waals surface area contributed by atoms with Crippen molar-refractivity contribution < 1.29 is 32.9 Å². The number of nitrogens with zero attached hydrogens (tertiary/aromatic N) is 1. The number of likely N-dealkylation sites (N-methyl/N-ethyl adjacent to an activating group) is 1. The van der Waals surface area contributed by atoms with E-state index in [1.54, 1.807) is 6.08 Å². The molecule has 0 heterocycles. The lowest BCUT2D eigenvalue weighted by Gasteiger charge is -2.25. The molecule has 0 spiro atoms. The number of amides is 1. The highest BCUT2D eigenvalue weighted by atomic mass is 31.2. The third-order valence-electron chi connectivity index (χ3n) is 9.76. The first-order valence-corrected chi connectivity index (χ1v) is 23.1. The van der Waals surface area contributed by atoms with Crippen molar-refractivity contribution in [2.24, 2.45) is 0 Å². The van der Waals surface area contributed by atoms with E-state index in [1.807, 2.05) is 27.2 Å². The molecule has 0 radical (unpaired) electrons. The molecule has 0 aromatic heterocycles. The van der Waals surface area contributed by atoms with Crippen molar-refractivity contribution in [1.82, 2.24) is 5.32 Å². The summed E-state index contributed by atoms with van der Waals surface area (Å²) in [4.78, 5) is 23.1. The molecule has 51 heavy (non-hydrogen) atoms. The molecule has 304 valence electrons. The minimum Gasteiger partial charge on any atom is -0.387 e. The summed E-state index contributed by atoms with van der Waals surface area (Å²) in [7, 11) is 1.58. The molecule has 0 saturated carbocycles. The molecule has 3 N–H and O–H groups in total. The molecule has 0 saturated heterocycles. The van der Waals surface area contributed by atoms with Crippen LogP contribution in [0.25, 0.3) is 0 Å². The Morgan fingerprint density at radius 2 is 1.04 bits per heavy atom. The number of phosphoric ester groups is 1. The molecule has 0 aliphatic rings. The van der Waals surface area contributed by atoms with Crippen LogP contribution in [0.2, 0.25) is 0 Å². The van der Waals surface area contributed by atoms with Gasteiger partial charge in [-0.25, -0.2) is 4.57 Å². The quantitative estimate of drug-likeness (QED) is 0.0250. The fourth-order valence-electron chi connectivity index (χ4n) is 6.28. The zero-order valence-electron chi connectivity index (χ0n) is 34.4. The van der Waals surface area contributed by atoms with Crippen LogP contribution in [0.1, 0.15) is 200 Å². The van der Waals surface area contributed by atoms with Crippen molar-refractivity contribution in [2.45, 2.75) is 212 Å². The second-order valence-corrected chi connectivity index (χ2v) is 17.5. The molecule has 0 bridgehead atoms. The lowest BCUT2D eigenvalue weighted by molar-refractivity contribution is -0.870. The van der Waals surface area contributed by atoms with Gasteiger partial charge < -0.3 is 19.8 Å². The van der Waals surface area contributed by atoms with Gasteiger partial charge in [-0.05, 0) is 19.3 Å². The first kappa shape index (κ1) is 50.2. The third kappa shape index (κ3) is 37.4. The summed E-state index contributed by atoms with van der Waals surface area (Å²) in [6.45, 7) is 4.82. The minimum atomic E-state index is -4.33. The van der Waals surface area contributed by atoms with Crippen LogP contribution < -0.4 is 5.32 Å². The van der Waals surface area contributed by atoms with Gasteiger partial charge >= 0.3 is 7.82 Å². The van der Waals surface area contributed by atoms with Gasteiger partial charge in [-0.1, -0.05) is 187 Å². The van der Waals surface area contributed by atoms with Crippen LogP contribution >= 0.6 is 7.82 Å². The molecule has 0 aromatic carbocycles. The number of nitrogens with one attached hydrogen (secondary N) is 1. The van der Waals surface area contributed by atoms with Gasteiger partial charge in [-0.2, -0.15) is 0 Å². The standard InChI is InChI=1S/C42H85N2O6P/c1-6-8-10-12-14-16-18-20-22-24-26-28-30-32-34-36-42(46)43-40(39-50-51(47,48)49-38-37-44(3,4)5)41(45)35-33-31-29-27-25-23-21-19-17-15-13-11-9-7-2/h33,35,40-41,45H,6-32,34,36-39H2,1-5H3,(H-,43,46,47,48)/p+1/b35-33+/t40-,41+/m0/s1. The van der Waals surface area contributed by atoms with Gasteiger partial charge in [0.2, 0.25) is 5.91 Å². The van der Waals surface area contributed by atoms with Gasteiger partial charge in [-0.3, -0.25) is 13.8 Å². The predicted molar refractivity (Wildman–Crippen MR) is 217 cm³/mol. The summed E-state index contributed by atoms with van der Waals surface area (Å²) < 4.78 is 23.5. The summed E-state index contributed by atoms with van der Waals surface area (Å²) in [6.07, 6.45) is 38.4. The Kier molecular flexibility index (Phi) is 34.5. The Hall–Kier alpha value is -0.760.